The molecule has 27 heavy (non-hydrogen) atoms. The molecule has 0 spiro atoms. The Morgan fingerprint density at radius 2 is 2.00 bits per heavy atom. The summed E-state index contributed by atoms with van der Waals surface area (Å²) in [4.78, 5) is 36.3. The van der Waals surface area contributed by atoms with E-state index in [0.717, 1.165) is 38.4 Å². The van der Waals surface area contributed by atoms with Crippen molar-refractivity contribution >= 4 is 23.8 Å². The van der Waals surface area contributed by atoms with Gasteiger partial charge in [0.1, 0.15) is 23.0 Å². The average molecular weight is 368 g/mol. The number of anilines is 1. The molecule has 3 amide bonds. The van der Waals surface area contributed by atoms with Gasteiger partial charge >= 0.3 is 6.03 Å². The molecule has 2 aliphatic heterocycles. The van der Waals surface area contributed by atoms with Gasteiger partial charge in [0.15, 0.2) is 5.76 Å². The fraction of sp³-hybridized carbons (Fsp3) is 0.333. The zero-order chi connectivity index (χ0) is 18.8. The van der Waals surface area contributed by atoms with Gasteiger partial charge in [0.05, 0.1) is 12.4 Å². The number of aromatic nitrogens is 2. The highest BCUT2D eigenvalue weighted by molar-refractivity contribution is 6.13. The molecule has 2 aromatic rings. The van der Waals surface area contributed by atoms with Crippen LogP contribution < -0.4 is 15.5 Å². The van der Waals surface area contributed by atoms with E-state index in [1.54, 1.807) is 24.5 Å². The number of rotatable bonds is 3. The maximum atomic E-state index is 11.6. The van der Waals surface area contributed by atoms with Gasteiger partial charge in [-0.25, -0.2) is 9.78 Å². The molecule has 0 atom stereocenters. The van der Waals surface area contributed by atoms with Gasteiger partial charge < -0.3 is 19.5 Å². The van der Waals surface area contributed by atoms with E-state index < -0.39 is 11.9 Å². The number of nitrogens with one attached hydrogen (secondary N) is 2. The Labute approximate surface area is 156 Å². The first-order valence-corrected chi connectivity index (χ1v) is 8.78. The van der Waals surface area contributed by atoms with E-state index in [4.69, 9.17) is 4.42 Å². The Bertz CT molecular complexity index is 906. The van der Waals surface area contributed by atoms with Crippen LogP contribution in [0.4, 0.5) is 10.6 Å². The predicted octanol–water partition coefficient (Wildman–Crippen LogP) is 1.06. The fourth-order valence-electron chi connectivity index (χ4n) is 3.10. The van der Waals surface area contributed by atoms with Gasteiger partial charge in [0.2, 0.25) is 0 Å². The van der Waals surface area contributed by atoms with E-state index in [0.29, 0.717) is 17.2 Å². The standard InChI is InChI=1S/C18H20N6O3/c1-23-5-2-6-24(8-7-23)16-11-19-10-14(20-16)15-4-3-12(27-15)9-13-17(25)22-18(26)21-13/h3-4,9-11H,2,5-8H2,1H3,(H2,21,22,25,26)/b13-9-. The number of hydrogen-bond acceptors (Lipinski definition) is 7. The second kappa shape index (κ2) is 7.20. The van der Waals surface area contributed by atoms with Crippen LogP contribution in [0.2, 0.25) is 0 Å². The number of carbonyl (C=O) groups is 2. The summed E-state index contributed by atoms with van der Waals surface area (Å²) in [7, 11) is 2.12. The van der Waals surface area contributed by atoms with Crippen LogP contribution in [0.3, 0.4) is 0 Å². The third kappa shape index (κ3) is 3.82. The van der Waals surface area contributed by atoms with Gasteiger partial charge in [-0.05, 0) is 32.1 Å². The van der Waals surface area contributed by atoms with Crippen molar-refractivity contribution in [1.82, 2.24) is 25.5 Å². The minimum Gasteiger partial charge on any atom is -0.455 e. The van der Waals surface area contributed by atoms with Crippen molar-refractivity contribution in [1.29, 1.82) is 0 Å². The second-order valence-corrected chi connectivity index (χ2v) is 6.57. The minimum absolute atomic E-state index is 0.148. The summed E-state index contributed by atoms with van der Waals surface area (Å²) in [5.74, 6) is 1.33. The van der Waals surface area contributed by atoms with Crippen molar-refractivity contribution in [2.75, 3.05) is 38.1 Å². The molecule has 9 heteroatoms. The SMILES string of the molecule is CN1CCCN(c2cncc(-c3ccc(/C=C4\NC(=O)NC4=O)o3)n2)CC1. The van der Waals surface area contributed by atoms with Crippen molar-refractivity contribution in [3.05, 3.63) is 36.0 Å². The zero-order valence-corrected chi connectivity index (χ0v) is 14.9. The average Bonchev–Trinajstić information content (AvgIpc) is 3.17. The van der Waals surface area contributed by atoms with E-state index in [1.807, 2.05) is 0 Å². The lowest BCUT2D eigenvalue weighted by molar-refractivity contribution is -0.115. The molecule has 0 unspecified atom stereocenters. The van der Waals surface area contributed by atoms with Crippen LogP contribution in [0.15, 0.2) is 34.6 Å². The number of carbonyl (C=O) groups excluding carboxylic acids is 2. The summed E-state index contributed by atoms with van der Waals surface area (Å²) in [6, 6.07) is 2.94. The molecule has 2 aromatic heterocycles. The van der Waals surface area contributed by atoms with Crippen LogP contribution in [-0.4, -0.2) is 60.0 Å². The van der Waals surface area contributed by atoms with Crippen LogP contribution in [0.5, 0.6) is 0 Å². The molecule has 2 saturated heterocycles. The third-order valence-corrected chi connectivity index (χ3v) is 4.55. The van der Waals surface area contributed by atoms with Crippen molar-refractivity contribution < 1.29 is 14.0 Å². The van der Waals surface area contributed by atoms with Crippen LogP contribution in [0.25, 0.3) is 17.5 Å². The number of amides is 3. The summed E-state index contributed by atoms with van der Waals surface area (Å²) in [5, 5.41) is 4.57. The smallest absolute Gasteiger partial charge is 0.326 e. The van der Waals surface area contributed by atoms with Gasteiger partial charge in [0, 0.05) is 25.7 Å². The highest BCUT2D eigenvalue weighted by Gasteiger charge is 2.23. The minimum atomic E-state index is -0.542. The normalized spacial score (nSPS) is 19.9. The Hall–Kier alpha value is -3.20. The largest absolute Gasteiger partial charge is 0.455 e. The Balaban J connectivity index is 1.54. The maximum absolute atomic E-state index is 11.6. The van der Waals surface area contributed by atoms with Gasteiger partial charge in [-0.2, -0.15) is 0 Å². The van der Waals surface area contributed by atoms with Gasteiger partial charge in [0.25, 0.3) is 5.91 Å². The number of furan rings is 1. The molecule has 9 nitrogen and oxygen atoms in total. The van der Waals surface area contributed by atoms with Crippen LogP contribution in [-0.2, 0) is 4.79 Å². The predicted molar refractivity (Wildman–Crippen MR) is 98.7 cm³/mol. The zero-order valence-electron chi connectivity index (χ0n) is 14.9. The molecule has 0 radical (unpaired) electrons. The molecule has 0 bridgehead atoms. The molecule has 140 valence electrons. The van der Waals surface area contributed by atoms with E-state index in [2.05, 4.69) is 37.4 Å². The van der Waals surface area contributed by atoms with Gasteiger partial charge in [-0.15, -0.1) is 0 Å². The van der Waals surface area contributed by atoms with E-state index in [1.165, 1.54) is 6.08 Å². The third-order valence-electron chi connectivity index (χ3n) is 4.55. The Morgan fingerprint density at radius 3 is 2.81 bits per heavy atom. The monoisotopic (exact) mass is 368 g/mol. The summed E-state index contributed by atoms with van der Waals surface area (Å²) in [6.45, 7) is 3.90. The quantitative estimate of drug-likeness (QED) is 0.617. The van der Waals surface area contributed by atoms with E-state index >= 15 is 0 Å². The lowest BCUT2D eigenvalue weighted by Crippen LogP contribution is -2.29. The van der Waals surface area contributed by atoms with Crippen LogP contribution in [0.1, 0.15) is 12.2 Å². The first-order valence-electron chi connectivity index (χ1n) is 8.78. The van der Waals surface area contributed by atoms with Crippen molar-refractivity contribution in [3.63, 3.8) is 0 Å². The van der Waals surface area contributed by atoms with E-state index in [-0.39, 0.29) is 5.70 Å². The molecule has 4 rings (SSSR count). The lowest BCUT2D eigenvalue weighted by atomic mass is 10.3. The number of nitrogens with zero attached hydrogens (tertiary/aromatic N) is 4. The molecule has 0 aromatic carbocycles. The first kappa shape index (κ1) is 17.2. The Kier molecular flexibility index (Phi) is 4.59. The molecule has 2 fully saturated rings. The summed E-state index contributed by atoms with van der Waals surface area (Å²) in [6.07, 6.45) is 5.96. The van der Waals surface area contributed by atoms with Crippen LogP contribution >= 0.6 is 0 Å². The first-order chi connectivity index (χ1) is 13.1. The number of imide groups is 1. The second-order valence-electron chi connectivity index (χ2n) is 6.57. The van der Waals surface area contributed by atoms with Gasteiger partial charge in [-0.3, -0.25) is 15.1 Å². The van der Waals surface area contributed by atoms with E-state index in [9.17, 15) is 9.59 Å². The molecule has 0 aliphatic carbocycles. The molecular weight excluding hydrogens is 348 g/mol. The highest BCUT2D eigenvalue weighted by atomic mass is 16.3. The molecule has 2 aliphatic rings. The number of urea groups is 1. The fourth-order valence-corrected chi connectivity index (χ4v) is 3.10. The molecular formula is C18H20N6O3. The van der Waals surface area contributed by atoms with Crippen molar-refractivity contribution in [3.8, 4) is 11.5 Å². The van der Waals surface area contributed by atoms with Crippen molar-refractivity contribution in [2.45, 2.75) is 6.42 Å². The summed E-state index contributed by atoms with van der Waals surface area (Å²) < 4.78 is 5.76. The highest BCUT2D eigenvalue weighted by Crippen LogP contribution is 2.23. The topological polar surface area (TPSA) is 104 Å². The lowest BCUT2D eigenvalue weighted by Gasteiger charge is -2.21. The number of hydrogen-bond donors (Lipinski definition) is 2. The molecule has 4 heterocycles. The number of likely N-dealkylation sites (N-methyl/N-ethyl adjacent to an activating group) is 1. The molecule has 2 N–H and O–H groups in total. The Morgan fingerprint density at radius 1 is 1.11 bits per heavy atom. The maximum Gasteiger partial charge on any atom is 0.326 e. The summed E-state index contributed by atoms with van der Waals surface area (Å²) in [5.41, 5.74) is 0.768. The molecule has 0 saturated carbocycles. The van der Waals surface area contributed by atoms with Crippen LogP contribution in [0, 0.1) is 0 Å². The van der Waals surface area contributed by atoms with Gasteiger partial charge in [-0.1, -0.05) is 0 Å². The van der Waals surface area contributed by atoms with Crippen molar-refractivity contribution in [2.24, 2.45) is 0 Å². The summed E-state index contributed by atoms with van der Waals surface area (Å²) >= 11 is 0.